The van der Waals surface area contributed by atoms with Crippen LogP contribution >= 0.6 is 0 Å². The number of rotatable bonds is 6. The van der Waals surface area contributed by atoms with E-state index >= 15 is 0 Å². The molecule has 25 heavy (non-hydrogen) atoms. The van der Waals surface area contributed by atoms with Gasteiger partial charge in [-0.15, -0.1) is 10.2 Å². The SMILES string of the molecule is COc1cccc(C(=O)Nc2ccc(NCc3ccccc3)nn2)c1. The lowest BCUT2D eigenvalue weighted by molar-refractivity contribution is 0.102. The fourth-order valence-corrected chi connectivity index (χ4v) is 2.23. The summed E-state index contributed by atoms with van der Waals surface area (Å²) in [5, 5.41) is 14.0. The van der Waals surface area contributed by atoms with Crippen LogP contribution in [0.15, 0.2) is 66.7 Å². The number of nitrogens with one attached hydrogen (secondary N) is 2. The summed E-state index contributed by atoms with van der Waals surface area (Å²) >= 11 is 0. The van der Waals surface area contributed by atoms with Crippen LogP contribution in [0.1, 0.15) is 15.9 Å². The zero-order valence-electron chi connectivity index (χ0n) is 13.8. The maximum Gasteiger partial charge on any atom is 0.256 e. The highest BCUT2D eigenvalue weighted by molar-refractivity contribution is 6.03. The van der Waals surface area contributed by atoms with E-state index in [1.165, 1.54) is 0 Å². The third-order valence-corrected chi connectivity index (χ3v) is 3.55. The van der Waals surface area contributed by atoms with Crippen molar-refractivity contribution in [2.75, 3.05) is 17.7 Å². The molecule has 0 radical (unpaired) electrons. The van der Waals surface area contributed by atoms with Gasteiger partial charge < -0.3 is 15.4 Å². The van der Waals surface area contributed by atoms with Gasteiger partial charge in [0.1, 0.15) is 11.6 Å². The first-order chi connectivity index (χ1) is 12.2. The molecule has 1 aromatic heterocycles. The molecule has 0 bridgehead atoms. The molecule has 0 aliphatic rings. The maximum absolute atomic E-state index is 12.2. The average Bonchev–Trinajstić information content (AvgIpc) is 2.68. The first kappa shape index (κ1) is 16.4. The molecule has 0 spiro atoms. The standard InChI is InChI=1S/C19H18N4O2/c1-25-16-9-5-8-15(12-16)19(24)21-18-11-10-17(22-23-18)20-13-14-6-3-2-4-7-14/h2-12H,13H2,1H3,(H,20,22)(H,21,23,24). The molecule has 2 aromatic carbocycles. The largest absolute Gasteiger partial charge is 0.497 e. The zero-order valence-corrected chi connectivity index (χ0v) is 13.8. The Hall–Kier alpha value is -3.41. The third kappa shape index (κ3) is 4.54. The van der Waals surface area contributed by atoms with Crippen molar-refractivity contribution in [3.63, 3.8) is 0 Å². The molecule has 2 N–H and O–H groups in total. The van der Waals surface area contributed by atoms with Crippen molar-refractivity contribution >= 4 is 17.5 Å². The van der Waals surface area contributed by atoms with Crippen LogP contribution in [-0.4, -0.2) is 23.2 Å². The number of amides is 1. The summed E-state index contributed by atoms with van der Waals surface area (Å²) in [6.07, 6.45) is 0. The number of carbonyl (C=O) groups is 1. The number of methoxy groups -OCH3 is 1. The van der Waals surface area contributed by atoms with Gasteiger partial charge in [-0.05, 0) is 35.9 Å². The highest BCUT2D eigenvalue weighted by Crippen LogP contribution is 2.14. The van der Waals surface area contributed by atoms with Crippen molar-refractivity contribution in [1.82, 2.24) is 10.2 Å². The number of benzene rings is 2. The lowest BCUT2D eigenvalue weighted by Crippen LogP contribution is -2.13. The van der Waals surface area contributed by atoms with Crippen molar-refractivity contribution in [3.8, 4) is 5.75 Å². The number of anilines is 2. The number of aromatic nitrogens is 2. The van der Waals surface area contributed by atoms with E-state index in [4.69, 9.17) is 4.74 Å². The normalized spacial score (nSPS) is 10.1. The first-order valence-corrected chi connectivity index (χ1v) is 7.81. The Bertz CT molecular complexity index is 836. The predicted octanol–water partition coefficient (Wildman–Crippen LogP) is 3.35. The number of carbonyl (C=O) groups excluding carboxylic acids is 1. The Morgan fingerprint density at radius 3 is 2.44 bits per heavy atom. The molecule has 0 fully saturated rings. The maximum atomic E-state index is 12.2. The summed E-state index contributed by atoms with van der Waals surface area (Å²) in [5.74, 6) is 1.39. The van der Waals surface area contributed by atoms with Crippen LogP contribution in [0.5, 0.6) is 5.75 Å². The molecule has 1 amide bonds. The van der Waals surface area contributed by atoms with Crippen molar-refractivity contribution < 1.29 is 9.53 Å². The molecule has 0 saturated carbocycles. The number of nitrogens with zero attached hydrogens (tertiary/aromatic N) is 2. The van der Waals surface area contributed by atoms with Gasteiger partial charge in [0.2, 0.25) is 0 Å². The van der Waals surface area contributed by atoms with E-state index in [0.29, 0.717) is 29.5 Å². The van der Waals surface area contributed by atoms with Crippen LogP contribution < -0.4 is 15.4 Å². The number of hydrogen-bond acceptors (Lipinski definition) is 5. The quantitative estimate of drug-likeness (QED) is 0.723. The molecule has 3 rings (SSSR count). The van der Waals surface area contributed by atoms with Crippen LogP contribution in [0, 0.1) is 0 Å². The van der Waals surface area contributed by atoms with E-state index in [0.717, 1.165) is 5.56 Å². The average molecular weight is 334 g/mol. The number of ether oxygens (including phenoxy) is 1. The molecular formula is C19H18N4O2. The molecule has 0 aliphatic carbocycles. The fourth-order valence-electron chi connectivity index (χ4n) is 2.23. The summed E-state index contributed by atoms with van der Waals surface area (Å²) in [4.78, 5) is 12.2. The van der Waals surface area contributed by atoms with Crippen molar-refractivity contribution in [2.45, 2.75) is 6.54 Å². The van der Waals surface area contributed by atoms with Gasteiger partial charge in [-0.3, -0.25) is 4.79 Å². The van der Waals surface area contributed by atoms with Gasteiger partial charge in [-0.1, -0.05) is 36.4 Å². The van der Waals surface area contributed by atoms with Gasteiger partial charge >= 0.3 is 0 Å². The van der Waals surface area contributed by atoms with Gasteiger partial charge in [-0.25, -0.2) is 0 Å². The summed E-state index contributed by atoms with van der Waals surface area (Å²) in [7, 11) is 1.56. The molecule has 1 heterocycles. The number of hydrogen-bond donors (Lipinski definition) is 2. The molecule has 0 saturated heterocycles. The lowest BCUT2D eigenvalue weighted by Gasteiger charge is -2.07. The smallest absolute Gasteiger partial charge is 0.256 e. The van der Waals surface area contributed by atoms with Crippen LogP contribution in [0.25, 0.3) is 0 Å². The summed E-state index contributed by atoms with van der Waals surface area (Å²) < 4.78 is 5.12. The zero-order chi connectivity index (χ0) is 17.5. The molecule has 6 nitrogen and oxygen atoms in total. The van der Waals surface area contributed by atoms with Gasteiger partial charge in [-0.2, -0.15) is 0 Å². The Labute approximate surface area is 145 Å². The lowest BCUT2D eigenvalue weighted by atomic mass is 10.2. The third-order valence-electron chi connectivity index (χ3n) is 3.55. The Kier molecular flexibility index (Phi) is 5.21. The summed E-state index contributed by atoms with van der Waals surface area (Å²) in [6, 6.07) is 20.4. The van der Waals surface area contributed by atoms with Crippen LogP contribution in [0.3, 0.4) is 0 Å². The van der Waals surface area contributed by atoms with Gasteiger partial charge in [0.15, 0.2) is 5.82 Å². The van der Waals surface area contributed by atoms with Crippen molar-refractivity contribution in [3.05, 3.63) is 77.9 Å². The van der Waals surface area contributed by atoms with Crippen LogP contribution in [-0.2, 0) is 6.54 Å². The molecule has 0 aliphatic heterocycles. The molecular weight excluding hydrogens is 316 g/mol. The van der Waals surface area contributed by atoms with E-state index in [1.54, 1.807) is 43.5 Å². The topological polar surface area (TPSA) is 76.1 Å². The second kappa shape index (κ2) is 7.92. The Morgan fingerprint density at radius 1 is 0.960 bits per heavy atom. The monoisotopic (exact) mass is 334 g/mol. The second-order valence-corrected chi connectivity index (χ2v) is 5.33. The minimum absolute atomic E-state index is 0.266. The highest BCUT2D eigenvalue weighted by Gasteiger charge is 2.08. The minimum Gasteiger partial charge on any atom is -0.497 e. The van der Waals surface area contributed by atoms with Crippen LogP contribution in [0.2, 0.25) is 0 Å². The van der Waals surface area contributed by atoms with E-state index in [9.17, 15) is 4.79 Å². The molecule has 126 valence electrons. The summed E-state index contributed by atoms with van der Waals surface area (Å²) in [6.45, 7) is 0.658. The van der Waals surface area contributed by atoms with E-state index < -0.39 is 0 Å². The Morgan fingerprint density at radius 2 is 1.72 bits per heavy atom. The van der Waals surface area contributed by atoms with E-state index in [2.05, 4.69) is 20.8 Å². The van der Waals surface area contributed by atoms with E-state index in [-0.39, 0.29) is 5.91 Å². The molecule has 0 atom stereocenters. The summed E-state index contributed by atoms with van der Waals surface area (Å²) in [5.41, 5.74) is 1.65. The molecule has 3 aromatic rings. The van der Waals surface area contributed by atoms with Crippen LogP contribution in [0.4, 0.5) is 11.6 Å². The van der Waals surface area contributed by atoms with E-state index in [1.807, 2.05) is 30.3 Å². The van der Waals surface area contributed by atoms with Gasteiger partial charge in [0, 0.05) is 12.1 Å². The Balaban J connectivity index is 1.59. The molecule has 6 heteroatoms. The van der Waals surface area contributed by atoms with Gasteiger partial charge in [0.25, 0.3) is 5.91 Å². The van der Waals surface area contributed by atoms with Gasteiger partial charge in [0.05, 0.1) is 7.11 Å². The minimum atomic E-state index is -0.266. The first-order valence-electron chi connectivity index (χ1n) is 7.81. The van der Waals surface area contributed by atoms with Crippen molar-refractivity contribution in [2.24, 2.45) is 0 Å². The fraction of sp³-hybridized carbons (Fsp3) is 0.105. The second-order valence-electron chi connectivity index (χ2n) is 5.33. The molecule has 0 unspecified atom stereocenters. The highest BCUT2D eigenvalue weighted by atomic mass is 16.5. The predicted molar refractivity (Wildman–Crippen MR) is 96.7 cm³/mol. The van der Waals surface area contributed by atoms with Crippen molar-refractivity contribution in [1.29, 1.82) is 0 Å².